The highest BCUT2D eigenvalue weighted by molar-refractivity contribution is 5.68. The van der Waals surface area contributed by atoms with Crippen molar-refractivity contribution in [3.8, 4) is 22.6 Å². The second kappa shape index (κ2) is 7.88. The van der Waals surface area contributed by atoms with Crippen LogP contribution in [0.2, 0.25) is 0 Å². The van der Waals surface area contributed by atoms with Crippen molar-refractivity contribution in [2.45, 2.75) is 13.0 Å². The summed E-state index contributed by atoms with van der Waals surface area (Å²) in [5, 5.41) is 6.19. The third-order valence-electron chi connectivity index (χ3n) is 4.70. The van der Waals surface area contributed by atoms with Crippen molar-refractivity contribution in [3.05, 3.63) is 76.0 Å². The molecule has 0 atom stereocenters. The number of benzene rings is 2. The third kappa shape index (κ3) is 3.90. The smallest absolute Gasteiger partial charge is 0.343 e. The molecule has 0 saturated heterocycles. The number of fused-ring (bicyclic) bond motifs is 1. The quantitative estimate of drug-likeness (QED) is 0.663. The van der Waals surface area contributed by atoms with Gasteiger partial charge in [-0.15, -0.1) is 0 Å². The van der Waals surface area contributed by atoms with E-state index in [4.69, 9.17) is 15.2 Å². The summed E-state index contributed by atoms with van der Waals surface area (Å²) in [6.45, 7) is 0.0848. The molecule has 1 aliphatic rings. The summed E-state index contributed by atoms with van der Waals surface area (Å²) in [5.74, 6) is 1.58. The summed E-state index contributed by atoms with van der Waals surface area (Å²) >= 11 is 0. The SMILES string of the molecule is NCC(Cc1n[nH]c(=O)n1Cc1cccc(-c2ccc3c(c2)OCO3)c1)=C(F)F. The predicted molar refractivity (Wildman–Crippen MR) is 102 cm³/mol. The van der Waals surface area contributed by atoms with Gasteiger partial charge in [0.25, 0.3) is 6.08 Å². The minimum absolute atomic E-state index is 0.189. The minimum Gasteiger partial charge on any atom is -0.454 e. The predicted octanol–water partition coefficient (Wildman–Crippen LogP) is 2.67. The molecule has 29 heavy (non-hydrogen) atoms. The molecule has 3 N–H and O–H groups in total. The van der Waals surface area contributed by atoms with E-state index in [9.17, 15) is 13.6 Å². The molecule has 0 aliphatic carbocycles. The van der Waals surface area contributed by atoms with Crippen molar-refractivity contribution in [1.29, 1.82) is 0 Å². The molecule has 4 rings (SSSR count). The lowest BCUT2D eigenvalue weighted by Gasteiger charge is -2.09. The first kappa shape index (κ1) is 18.9. The van der Waals surface area contributed by atoms with Gasteiger partial charge in [-0.3, -0.25) is 4.57 Å². The lowest BCUT2D eigenvalue weighted by molar-refractivity contribution is 0.174. The highest BCUT2D eigenvalue weighted by Gasteiger charge is 2.16. The fourth-order valence-corrected chi connectivity index (χ4v) is 3.16. The Morgan fingerprint density at radius 1 is 1.14 bits per heavy atom. The second-order valence-electron chi connectivity index (χ2n) is 6.54. The van der Waals surface area contributed by atoms with Crippen molar-refractivity contribution in [1.82, 2.24) is 14.8 Å². The fourth-order valence-electron chi connectivity index (χ4n) is 3.16. The van der Waals surface area contributed by atoms with E-state index in [0.29, 0.717) is 11.5 Å². The Labute approximate surface area is 164 Å². The first-order chi connectivity index (χ1) is 14.0. The lowest BCUT2D eigenvalue weighted by Crippen LogP contribution is -2.20. The number of hydrogen-bond donors (Lipinski definition) is 2. The van der Waals surface area contributed by atoms with Crippen LogP contribution in [0.3, 0.4) is 0 Å². The van der Waals surface area contributed by atoms with Gasteiger partial charge in [0.15, 0.2) is 11.5 Å². The van der Waals surface area contributed by atoms with Crippen LogP contribution >= 0.6 is 0 Å². The maximum atomic E-state index is 12.9. The van der Waals surface area contributed by atoms with Gasteiger partial charge in [-0.1, -0.05) is 24.3 Å². The third-order valence-corrected chi connectivity index (χ3v) is 4.70. The largest absolute Gasteiger partial charge is 0.454 e. The van der Waals surface area contributed by atoms with Crippen LogP contribution < -0.4 is 20.9 Å². The van der Waals surface area contributed by atoms with Crippen molar-refractivity contribution >= 4 is 0 Å². The van der Waals surface area contributed by atoms with Gasteiger partial charge in [-0.25, -0.2) is 9.89 Å². The lowest BCUT2D eigenvalue weighted by atomic mass is 10.0. The Balaban J connectivity index is 1.62. The van der Waals surface area contributed by atoms with Gasteiger partial charge in [0, 0.05) is 18.5 Å². The summed E-state index contributed by atoms with van der Waals surface area (Å²) in [5.41, 5.74) is 7.34. The highest BCUT2D eigenvalue weighted by Crippen LogP contribution is 2.36. The van der Waals surface area contributed by atoms with Crippen LogP contribution in [-0.2, 0) is 13.0 Å². The van der Waals surface area contributed by atoms with Gasteiger partial charge in [-0.05, 0) is 34.9 Å². The zero-order chi connectivity index (χ0) is 20.4. The van der Waals surface area contributed by atoms with Gasteiger partial charge in [0.2, 0.25) is 6.79 Å². The minimum atomic E-state index is -1.85. The Bertz CT molecular complexity index is 1130. The average molecular weight is 400 g/mol. The topological polar surface area (TPSA) is 95.2 Å². The molecule has 1 aromatic heterocycles. The molecule has 0 fully saturated rings. The second-order valence-corrected chi connectivity index (χ2v) is 6.54. The van der Waals surface area contributed by atoms with Gasteiger partial charge in [0.05, 0.1) is 6.54 Å². The number of rotatable bonds is 6. The van der Waals surface area contributed by atoms with Crippen LogP contribution in [0, 0.1) is 0 Å². The summed E-state index contributed by atoms with van der Waals surface area (Å²) in [6, 6.07) is 13.2. The van der Waals surface area contributed by atoms with E-state index in [1.807, 2.05) is 42.5 Å². The van der Waals surface area contributed by atoms with E-state index in [2.05, 4.69) is 10.2 Å². The molecular weight excluding hydrogens is 382 g/mol. The monoisotopic (exact) mass is 400 g/mol. The van der Waals surface area contributed by atoms with Crippen molar-refractivity contribution in [2.75, 3.05) is 13.3 Å². The van der Waals surface area contributed by atoms with Crippen molar-refractivity contribution in [3.63, 3.8) is 0 Å². The number of halogens is 2. The Hall–Kier alpha value is -3.46. The fraction of sp³-hybridized carbons (Fsp3) is 0.200. The molecule has 0 saturated carbocycles. The number of aromatic nitrogens is 3. The summed E-state index contributed by atoms with van der Waals surface area (Å²) in [6.07, 6.45) is -2.04. The van der Waals surface area contributed by atoms with Crippen LogP contribution in [0.1, 0.15) is 11.4 Å². The molecule has 0 radical (unpaired) electrons. The van der Waals surface area contributed by atoms with Crippen LogP contribution in [0.15, 0.2) is 58.9 Å². The Morgan fingerprint density at radius 2 is 1.93 bits per heavy atom. The first-order valence-corrected chi connectivity index (χ1v) is 8.91. The molecule has 9 heteroatoms. The summed E-state index contributed by atoms with van der Waals surface area (Å²) in [4.78, 5) is 12.1. The van der Waals surface area contributed by atoms with Crippen LogP contribution in [0.5, 0.6) is 11.5 Å². The zero-order valence-electron chi connectivity index (χ0n) is 15.3. The molecule has 3 aromatic rings. The number of H-pyrrole nitrogens is 1. The summed E-state index contributed by atoms with van der Waals surface area (Å²) < 4.78 is 38.0. The molecule has 0 amide bonds. The molecular formula is C20H18F2N4O3. The highest BCUT2D eigenvalue weighted by atomic mass is 19.3. The standard InChI is InChI=1S/C20H18F2N4O3/c21-19(22)15(9-23)8-18-24-25-20(27)26(18)10-12-2-1-3-13(6-12)14-4-5-16-17(7-14)29-11-28-16/h1-7H,8-11,23H2,(H,25,27). The van der Waals surface area contributed by atoms with E-state index >= 15 is 0 Å². The molecule has 2 heterocycles. The normalized spacial score (nSPS) is 12.2. The summed E-state index contributed by atoms with van der Waals surface area (Å²) in [7, 11) is 0. The number of aromatic amines is 1. The van der Waals surface area contributed by atoms with Gasteiger partial charge >= 0.3 is 5.69 Å². The van der Waals surface area contributed by atoms with E-state index < -0.39 is 11.8 Å². The van der Waals surface area contributed by atoms with Gasteiger partial charge in [0.1, 0.15) is 5.82 Å². The number of ether oxygens (including phenoxy) is 2. The maximum absolute atomic E-state index is 12.9. The number of nitrogens with zero attached hydrogens (tertiary/aromatic N) is 2. The number of hydrogen-bond acceptors (Lipinski definition) is 5. The molecule has 0 bridgehead atoms. The molecule has 150 valence electrons. The Morgan fingerprint density at radius 3 is 2.72 bits per heavy atom. The maximum Gasteiger partial charge on any atom is 0.343 e. The molecule has 7 nitrogen and oxygen atoms in total. The van der Waals surface area contributed by atoms with E-state index in [0.717, 1.165) is 16.7 Å². The average Bonchev–Trinajstić information content (AvgIpc) is 3.33. The van der Waals surface area contributed by atoms with E-state index in [1.54, 1.807) is 0 Å². The number of nitrogens with two attached hydrogens (primary N) is 1. The van der Waals surface area contributed by atoms with Gasteiger partial charge < -0.3 is 15.2 Å². The molecule has 0 unspecified atom stereocenters. The first-order valence-electron chi connectivity index (χ1n) is 8.91. The van der Waals surface area contributed by atoms with E-state index in [1.165, 1.54) is 4.57 Å². The Kier molecular flexibility index (Phi) is 5.13. The van der Waals surface area contributed by atoms with Gasteiger partial charge in [-0.2, -0.15) is 13.9 Å². The molecule has 1 aliphatic heterocycles. The van der Waals surface area contributed by atoms with Crippen LogP contribution in [0.25, 0.3) is 11.1 Å². The molecule has 2 aromatic carbocycles. The van der Waals surface area contributed by atoms with Crippen molar-refractivity contribution < 1.29 is 18.3 Å². The van der Waals surface area contributed by atoms with Crippen molar-refractivity contribution in [2.24, 2.45) is 5.73 Å². The van der Waals surface area contributed by atoms with Crippen LogP contribution in [0.4, 0.5) is 8.78 Å². The number of nitrogens with one attached hydrogen (secondary N) is 1. The zero-order valence-corrected chi connectivity index (χ0v) is 15.3. The van der Waals surface area contributed by atoms with E-state index in [-0.39, 0.29) is 37.7 Å². The van der Waals surface area contributed by atoms with Crippen LogP contribution in [-0.4, -0.2) is 28.1 Å². The molecule has 0 spiro atoms.